The summed E-state index contributed by atoms with van der Waals surface area (Å²) in [6.07, 6.45) is 1.44. The molecule has 4 rings (SSSR count). The first-order valence-corrected chi connectivity index (χ1v) is 12.8. The second kappa shape index (κ2) is 10.7. The maximum atomic E-state index is 13.3. The highest BCUT2D eigenvalue weighted by atomic mass is 32.2. The van der Waals surface area contributed by atoms with Crippen LogP contribution in [-0.4, -0.2) is 71.4 Å². The van der Waals surface area contributed by atoms with Crippen molar-refractivity contribution in [3.05, 3.63) is 58.3 Å². The molecule has 1 fully saturated rings. The number of hydrogen-bond acceptors (Lipinski definition) is 7. The molecule has 3 heterocycles. The van der Waals surface area contributed by atoms with Crippen molar-refractivity contribution in [3.63, 3.8) is 0 Å². The number of rotatable bonds is 6. The van der Waals surface area contributed by atoms with E-state index in [0.29, 0.717) is 43.8 Å². The number of fused-ring (bicyclic) bond motifs is 1. The van der Waals surface area contributed by atoms with Crippen molar-refractivity contribution >= 4 is 34.7 Å². The lowest BCUT2D eigenvalue weighted by Gasteiger charge is -2.38. The summed E-state index contributed by atoms with van der Waals surface area (Å²) in [6, 6.07) is 9.52. The largest absolute Gasteiger partial charge is 0.466 e. The Morgan fingerprint density at radius 3 is 2.46 bits per heavy atom. The van der Waals surface area contributed by atoms with Crippen molar-refractivity contribution in [1.82, 2.24) is 14.7 Å². The normalized spacial score (nSPS) is 20.3. The molecule has 8 nitrogen and oxygen atoms in total. The van der Waals surface area contributed by atoms with Crippen LogP contribution in [0.15, 0.2) is 57.7 Å². The Labute approximate surface area is 210 Å². The lowest BCUT2D eigenvalue weighted by molar-refractivity contribution is -0.151. The highest BCUT2D eigenvalue weighted by molar-refractivity contribution is 8.16. The SMILES string of the molecule is CCOC(=O)C1CCN(C(=O)CC2=CSC3=NC(C)=C(C(=O)N(C)C)C(c4ccccc4)N23)CC1. The van der Waals surface area contributed by atoms with Gasteiger partial charge in [-0.1, -0.05) is 42.1 Å². The molecule has 0 saturated carbocycles. The van der Waals surface area contributed by atoms with E-state index >= 15 is 0 Å². The third-order valence-electron chi connectivity index (χ3n) is 6.55. The van der Waals surface area contributed by atoms with E-state index in [4.69, 9.17) is 9.73 Å². The molecule has 186 valence electrons. The van der Waals surface area contributed by atoms with Crippen molar-refractivity contribution in [3.8, 4) is 0 Å². The molecular formula is C26H32N4O4S. The maximum absolute atomic E-state index is 13.3. The monoisotopic (exact) mass is 496 g/mol. The van der Waals surface area contributed by atoms with Gasteiger partial charge >= 0.3 is 5.97 Å². The van der Waals surface area contributed by atoms with Crippen molar-refractivity contribution in [1.29, 1.82) is 0 Å². The molecule has 0 aromatic heterocycles. The Morgan fingerprint density at radius 1 is 1.14 bits per heavy atom. The lowest BCUT2D eigenvalue weighted by atomic mass is 9.93. The molecule has 1 atom stereocenters. The van der Waals surface area contributed by atoms with E-state index < -0.39 is 0 Å². The Hall–Kier alpha value is -3.07. The molecule has 1 aromatic carbocycles. The molecule has 3 aliphatic rings. The number of likely N-dealkylation sites (N-methyl/N-ethyl adjacent to an activating group) is 1. The van der Waals surface area contributed by atoms with E-state index in [9.17, 15) is 14.4 Å². The Morgan fingerprint density at radius 2 is 1.83 bits per heavy atom. The molecule has 1 aromatic rings. The molecule has 0 spiro atoms. The molecular weight excluding hydrogens is 464 g/mol. The number of aliphatic imine (C=N–C) groups is 1. The van der Waals surface area contributed by atoms with Crippen molar-refractivity contribution in [2.45, 2.75) is 39.2 Å². The summed E-state index contributed by atoms with van der Waals surface area (Å²) in [7, 11) is 3.48. The summed E-state index contributed by atoms with van der Waals surface area (Å²) in [5, 5.41) is 2.74. The van der Waals surface area contributed by atoms with E-state index in [0.717, 1.165) is 16.4 Å². The highest BCUT2D eigenvalue weighted by Crippen LogP contribution is 2.45. The van der Waals surface area contributed by atoms with Crippen molar-refractivity contribution in [2.24, 2.45) is 10.9 Å². The van der Waals surface area contributed by atoms with Gasteiger partial charge in [0.25, 0.3) is 5.91 Å². The zero-order valence-corrected chi connectivity index (χ0v) is 21.5. The van der Waals surface area contributed by atoms with Gasteiger partial charge in [0.05, 0.1) is 36.3 Å². The van der Waals surface area contributed by atoms with Crippen LogP contribution < -0.4 is 0 Å². The third-order valence-corrected chi connectivity index (χ3v) is 7.44. The zero-order chi connectivity index (χ0) is 25.1. The minimum absolute atomic E-state index is 0.0129. The number of amidine groups is 1. The lowest BCUT2D eigenvalue weighted by Crippen LogP contribution is -2.43. The number of benzene rings is 1. The number of likely N-dealkylation sites (tertiary alicyclic amines) is 1. The standard InChI is InChI=1S/C26H32N4O4S/c1-5-34-25(33)19-11-13-29(14-12-19)21(31)15-20-16-35-26-27-17(2)22(24(32)28(3)4)23(30(20)26)18-9-7-6-8-10-18/h6-10,16,19,23H,5,11-15H2,1-4H3. The van der Waals surface area contributed by atoms with Gasteiger partial charge in [0, 0.05) is 32.9 Å². The molecule has 9 heteroatoms. The number of esters is 1. The first-order chi connectivity index (χ1) is 16.8. The Kier molecular flexibility index (Phi) is 7.64. The molecule has 0 aliphatic carbocycles. The Bertz CT molecular complexity index is 1090. The summed E-state index contributed by atoms with van der Waals surface area (Å²) in [6.45, 7) is 5.12. The first-order valence-electron chi connectivity index (χ1n) is 12.0. The first kappa shape index (κ1) is 25.0. The maximum Gasteiger partial charge on any atom is 0.309 e. The minimum atomic E-state index is -0.359. The van der Waals surface area contributed by atoms with E-state index in [1.54, 1.807) is 25.9 Å². The second-order valence-electron chi connectivity index (χ2n) is 9.09. The van der Waals surface area contributed by atoms with Crippen LogP contribution >= 0.6 is 11.8 Å². The molecule has 35 heavy (non-hydrogen) atoms. The third kappa shape index (κ3) is 5.15. The van der Waals surface area contributed by atoms with Gasteiger partial charge < -0.3 is 19.4 Å². The summed E-state index contributed by atoms with van der Waals surface area (Å²) < 4.78 is 5.14. The summed E-state index contributed by atoms with van der Waals surface area (Å²) >= 11 is 1.48. The van der Waals surface area contributed by atoms with Gasteiger partial charge in [-0.2, -0.15) is 0 Å². The minimum Gasteiger partial charge on any atom is -0.466 e. The Balaban J connectivity index is 1.54. The molecule has 2 amide bonds. The number of nitrogens with zero attached hydrogens (tertiary/aromatic N) is 4. The number of piperidine rings is 1. The number of thioether (sulfide) groups is 1. The fraction of sp³-hybridized carbons (Fsp3) is 0.462. The van der Waals surface area contributed by atoms with Crippen LogP contribution in [0.3, 0.4) is 0 Å². The fourth-order valence-electron chi connectivity index (χ4n) is 4.73. The number of allylic oxidation sites excluding steroid dienone is 1. The zero-order valence-electron chi connectivity index (χ0n) is 20.7. The average molecular weight is 497 g/mol. The van der Waals surface area contributed by atoms with Crippen molar-refractivity contribution < 1.29 is 19.1 Å². The topological polar surface area (TPSA) is 82.5 Å². The summed E-state index contributed by atoms with van der Waals surface area (Å²) in [5.41, 5.74) is 3.11. The van der Waals surface area contributed by atoms with Gasteiger partial charge in [0.2, 0.25) is 5.91 Å². The molecule has 0 bridgehead atoms. The van der Waals surface area contributed by atoms with Gasteiger partial charge in [-0.05, 0) is 37.7 Å². The van der Waals surface area contributed by atoms with E-state index in [-0.39, 0.29) is 36.2 Å². The van der Waals surface area contributed by atoms with Crippen LogP contribution in [0.2, 0.25) is 0 Å². The van der Waals surface area contributed by atoms with Crippen LogP contribution in [-0.2, 0) is 19.1 Å². The van der Waals surface area contributed by atoms with Crippen LogP contribution in [0.25, 0.3) is 0 Å². The fourth-order valence-corrected chi connectivity index (χ4v) is 5.69. The predicted octanol–water partition coefficient (Wildman–Crippen LogP) is 3.54. The summed E-state index contributed by atoms with van der Waals surface area (Å²) in [5.74, 6) is -0.396. The molecule has 1 saturated heterocycles. The van der Waals surface area contributed by atoms with Gasteiger partial charge in [-0.25, -0.2) is 4.99 Å². The van der Waals surface area contributed by atoms with Gasteiger partial charge in [0.15, 0.2) is 5.17 Å². The number of amides is 2. The van der Waals surface area contributed by atoms with E-state index in [2.05, 4.69) is 0 Å². The quantitative estimate of drug-likeness (QED) is 0.561. The molecule has 0 radical (unpaired) electrons. The highest BCUT2D eigenvalue weighted by Gasteiger charge is 2.41. The molecule has 3 aliphatic heterocycles. The van der Waals surface area contributed by atoms with Crippen LogP contribution in [0.1, 0.15) is 44.7 Å². The number of carbonyl (C=O) groups excluding carboxylic acids is 3. The van der Waals surface area contributed by atoms with Crippen LogP contribution in [0, 0.1) is 5.92 Å². The number of ether oxygens (including phenoxy) is 1. The number of hydrogen-bond donors (Lipinski definition) is 0. The predicted molar refractivity (Wildman–Crippen MR) is 136 cm³/mol. The smallest absolute Gasteiger partial charge is 0.309 e. The molecule has 0 N–H and O–H groups in total. The second-order valence-corrected chi connectivity index (χ2v) is 9.92. The van der Waals surface area contributed by atoms with Gasteiger partial charge in [-0.3, -0.25) is 14.4 Å². The molecule has 1 unspecified atom stereocenters. The number of carbonyl (C=O) groups is 3. The van der Waals surface area contributed by atoms with Crippen LogP contribution in [0.5, 0.6) is 0 Å². The van der Waals surface area contributed by atoms with Crippen LogP contribution in [0.4, 0.5) is 0 Å². The van der Waals surface area contributed by atoms with Crippen molar-refractivity contribution in [2.75, 3.05) is 33.8 Å². The average Bonchev–Trinajstić information content (AvgIpc) is 3.25. The van der Waals surface area contributed by atoms with Gasteiger partial charge in [-0.15, -0.1) is 0 Å². The summed E-state index contributed by atoms with van der Waals surface area (Å²) in [4.78, 5) is 48.7. The van der Waals surface area contributed by atoms with Gasteiger partial charge in [0.1, 0.15) is 0 Å². The van der Waals surface area contributed by atoms with E-state index in [1.807, 2.05) is 52.5 Å². The van der Waals surface area contributed by atoms with E-state index in [1.165, 1.54) is 11.8 Å².